The van der Waals surface area contributed by atoms with E-state index in [1.165, 1.54) is 4.90 Å². The summed E-state index contributed by atoms with van der Waals surface area (Å²) in [7, 11) is 0. The number of hydrogen-bond acceptors (Lipinski definition) is 12. The Hall–Kier alpha value is -3.47. The fraction of sp³-hybridized carbons (Fsp3) is 0.513. The maximum atomic E-state index is 13.2. The first kappa shape index (κ1) is 41.7. The number of carbonyl (C=O) groups is 2. The Kier molecular flexibility index (Phi) is 15.4. The van der Waals surface area contributed by atoms with E-state index in [-0.39, 0.29) is 37.9 Å². The van der Waals surface area contributed by atoms with Crippen molar-refractivity contribution in [1.82, 2.24) is 20.5 Å². The number of amides is 2. The molecule has 2 fully saturated rings. The number of aliphatic hydroxyl groups is 5. The van der Waals surface area contributed by atoms with Crippen molar-refractivity contribution >= 4 is 35.4 Å². The summed E-state index contributed by atoms with van der Waals surface area (Å²) in [5, 5.41) is 56.8. The third-order valence-electron chi connectivity index (χ3n) is 9.53. The van der Waals surface area contributed by atoms with E-state index in [2.05, 4.69) is 33.8 Å². The van der Waals surface area contributed by atoms with Gasteiger partial charge in [-0.15, -0.1) is 11.8 Å². The van der Waals surface area contributed by atoms with Crippen LogP contribution in [0.2, 0.25) is 5.02 Å². The van der Waals surface area contributed by atoms with E-state index in [1.54, 1.807) is 18.7 Å². The summed E-state index contributed by atoms with van der Waals surface area (Å²) in [6, 6.07) is 16.1. The highest BCUT2D eigenvalue weighted by molar-refractivity contribution is 7.99. The summed E-state index contributed by atoms with van der Waals surface area (Å²) in [6.07, 6.45) is 0.658. The molecule has 5 rings (SSSR count). The average molecular weight is 787 g/mol. The molecule has 0 aliphatic heterocycles. The number of para-hydroxylation sites is 1. The van der Waals surface area contributed by atoms with Crippen LogP contribution < -0.4 is 15.4 Å². The number of aromatic nitrogens is 1. The van der Waals surface area contributed by atoms with Gasteiger partial charge >= 0.3 is 6.09 Å². The Labute approximate surface area is 325 Å². The molecule has 13 nitrogen and oxygen atoms in total. The molecule has 2 aromatic carbocycles. The van der Waals surface area contributed by atoms with Crippen molar-refractivity contribution < 1.29 is 44.6 Å². The van der Waals surface area contributed by atoms with Crippen LogP contribution in [0.5, 0.6) is 5.75 Å². The molecule has 0 bridgehead atoms. The van der Waals surface area contributed by atoms with Gasteiger partial charge in [0.15, 0.2) is 6.10 Å². The molecule has 2 aliphatic rings. The van der Waals surface area contributed by atoms with E-state index in [0.29, 0.717) is 30.2 Å². The van der Waals surface area contributed by atoms with Gasteiger partial charge < -0.3 is 50.5 Å². The lowest BCUT2D eigenvalue weighted by atomic mass is 9.94. The Balaban J connectivity index is 1.18. The molecule has 294 valence electrons. The van der Waals surface area contributed by atoms with Gasteiger partial charge in [-0.25, -0.2) is 4.79 Å². The van der Waals surface area contributed by atoms with Gasteiger partial charge in [0, 0.05) is 59.6 Å². The number of pyridine rings is 1. The molecule has 7 N–H and O–H groups in total. The van der Waals surface area contributed by atoms with E-state index < -0.39 is 43.0 Å². The number of aliphatic hydroxyl groups excluding tert-OH is 5. The molecule has 0 radical (unpaired) electrons. The lowest BCUT2D eigenvalue weighted by Crippen LogP contribution is -2.53. The predicted octanol–water partition coefficient (Wildman–Crippen LogP) is 3.61. The maximum absolute atomic E-state index is 13.2. The number of nitrogens with zero attached hydrogens (tertiary/aromatic N) is 2. The van der Waals surface area contributed by atoms with Gasteiger partial charge in [-0.3, -0.25) is 9.78 Å². The van der Waals surface area contributed by atoms with E-state index >= 15 is 0 Å². The van der Waals surface area contributed by atoms with E-state index in [9.17, 15) is 30.0 Å². The van der Waals surface area contributed by atoms with Crippen LogP contribution in [-0.4, -0.2) is 117 Å². The minimum atomic E-state index is -2.04. The van der Waals surface area contributed by atoms with Gasteiger partial charge in [-0.1, -0.05) is 29.8 Å². The first-order valence-corrected chi connectivity index (χ1v) is 19.8. The number of benzene rings is 2. The fourth-order valence-corrected chi connectivity index (χ4v) is 7.23. The number of alkyl carbamates (subject to hydrolysis) is 1. The molecule has 2 aliphatic carbocycles. The Morgan fingerprint density at radius 2 is 1.80 bits per heavy atom. The second kappa shape index (κ2) is 19.9. The quantitative estimate of drug-likeness (QED) is 0.0579. The Morgan fingerprint density at radius 1 is 1.04 bits per heavy atom. The third-order valence-corrected chi connectivity index (χ3v) is 11.0. The molecule has 15 heteroatoms. The topological polar surface area (TPSA) is 194 Å². The van der Waals surface area contributed by atoms with Gasteiger partial charge in [0.05, 0.1) is 19.3 Å². The van der Waals surface area contributed by atoms with Crippen LogP contribution in [-0.2, 0) is 21.6 Å². The van der Waals surface area contributed by atoms with E-state index in [4.69, 9.17) is 26.2 Å². The van der Waals surface area contributed by atoms with Crippen LogP contribution >= 0.6 is 23.4 Å². The first-order valence-electron chi connectivity index (χ1n) is 18.5. The lowest BCUT2D eigenvalue weighted by Gasteiger charge is -2.30. The standard InChI is InChI=1S/C39H51ClN4O9S/c1-2-52-38(51)42-16-5-18-44(37(50)36(49)35(48)34(47)32(46)24-45)19-6-20-54-27-11-12-31(40)25(21-27)22-43-39(14-15-39)30-23-41-17-13-28(30)29-7-3-4-8-33(29)53-26-9-10-26/h3-4,7-8,11-13,17,21,23,26,32,34-36,43,45-49H,2,5-6,9-10,14-16,18-20,22,24H2,1H3,(H,42,51). The molecule has 4 unspecified atom stereocenters. The second-order valence-electron chi connectivity index (χ2n) is 13.6. The van der Waals surface area contributed by atoms with Crippen LogP contribution in [0.1, 0.15) is 56.6 Å². The molecule has 4 atom stereocenters. The van der Waals surface area contributed by atoms with Crippen molar-refractivity contribution in [3.63, 3.8) is 0 Å². The van der Waals surface area contributed by atoms with Crippen molar-refractivity contribution in [3.05, 3.63) is 77.1 Å². The predicted molar refractivity (Wildman–Crippen MR) is 205 cm³/mol. The van der Waals surface area contributed by atoms with Crippen LogP contribution in [0.25, 0.3) is 11.1 Å². The van der Waals surface area contributed by atoms with Gasteiger partial charge in [-0.2, -0.15) is 0 Å². The molecule has 1 heterocycles. The van der Waals surface area contributed by atoms with Gasteiger partial charge in [0.1, 0.15) is 24.1 Å². The van der Waals surface area contributed by atoms with E-state index in [1.807, 2.05) is 42.7 Å². The van der Waals surface area contributed by atoms with Gasteiger partial charge in [0.25, 0.3) is 5.91 Å². The number of thioether (sulfide) groups is 1. The van der Waals surface area contributed by atoms with Crippen molar-refractivity contribution in [1.29, 1.82) is 0 Å². The molecule has 0 saturated heterocycles. The van der Waals surface area contributed by atoms with Gasteiger partial charge in [-0.05, 0) is 98.2 Å². The molecule has 0 spiro atoms. The van der Waals surface area contributed by atoms with E-state index in [0.717, 1.165) is 58.6 Å². The SMILES string of the molecule is CCOC(=O)NCCCN(CCCSc1ccc(Cl)c(CNC2(c3cnccc3-c3ccccc3OC3CC3)CC2)c1)C(=O)C(O)C(O)C(O)C(O)CO. The van der Waals surface area contributed by atoms with Crippen molar-refractivity contribution in [2.75, 3.05) is 38.6 Å². The molecule has 2 amide bonds. The summed E-state index contributed by atoms with van der Waals surface area (Å²) in [5.41, 5.74) is 4.00. The average Bonchev–Trinajstić information content (AvgIpc) is 4.14. The molecule has 54 heavy (non-hydrogen) atoms. The summed E-state index contributed by atoms with van der Waals surface area (Å²) in [5.74, 6) is 0.646. The number of rotatable bonds is 22. The van der Waals surface area contributed by atoms with Crippen LogP contribution in [0.15, 0.2) is 65.8 Å². The minimum Gasteiger partial charge on any atom is -0.490 e. The molecule has 2 saturated carbocycles. The smallest absolute Gasteiger partial charge is 0.407 e. The zero-order valence-corrected chi connectivity index (χ0v) is 32.0. The molecule has 1 aromatic heterocycles. The van der Waals surface area contributed by atoms with Crippen molar-refractivity contribution in [2.45, 2.75) is 92.9 Å². The molecular formula is C39H51ClN4O9S. The number of ether oxygens (including phenoxy) is 2. The Bertz CT molecular complexity index is 1700. The summed E-state index contributed by atoms with van der Waals surface area (Å²) < 4.78 is 11.1. The summed E-state index contributed by atoms with van der Waals surface area (Å²) in [4.78, 5) is 31.7. The minimum absolute atomic E-state index is 0.134. The number of halogens is 1. The molecule has 3 aromatic rings. The number of nitrogens with one attached hydrogen (secondary N) is 2. The third kappa shape index (κ3) is 11.3. The lowest BCUT2D eigenvalue weighted by molar-refractivity contribution is -0.158. The fourth-order valence-electron chi connectivity index (χ4n) is 6.15. The monoisotopic (exact) mass is 786 g/mol. The second-order valence-corrected chi connectivity index (χ2v) is 15.2. The Morgan fingerprint density at radius 3 is 2.52 bits per heavy atom. The van der Waals surface area contributed by atoms with Gasteiger partial charge in [0.2, 0.25) is 0 Å². The zero-order valence-electron chi connectivity index (χ0n) is 30.4. The highest BCUT2D eigenvalue weighted by Gasteiger charge is 2.46. The zero-order chi connectivity index (χ0) is 38.7. The highest BCUT2D eigenvalue weighted by atomic mass is 35.5. The van der Waals surface area contributed by atoms with Crippen LogP contribution in [0.3, 0.4) is 0 Å². The van der Waals surface area contributed by atoms with Crippen LogP contribution in [0.4, 0.5) is 4.79 Å². The normalized spacial score (nSPS) is 16.9. The first-order chi connectivity index (χ1) is 26.1. The largest absolute Gasteiger partial charge is 0.490 e. The number of carbonyl (C=O) groups excluding carboxylic acids is 2. The number of hydrogen-bond donors (Lipinski definition) is 7. The maximum Gasteiger partial charge on any atom is 0.407 e. The highest BCUT2D eigenvalue weighted by Crippen LogP contribution is 2.50. The summed E-state index contributed by atoms with van der Waals surface area (Å²) >= 11 is 8.27. The van der Waals surface area contributed by atoms with Crippen LogP contribution in [0, 0.1) is 0 Å². The molecular weight excluding hydrogens is 736 g/mol. The summed E-state index contributed by atoms with van der Waals surface area (Å²) in [6.45, 7) is 2.12. The van der Waals surface area contributed by atoms with Crippen molar-refractivity contribution in [2.24, 2.45) is 0 Å². The van der Waals surface area contributed by atoms with Crippen molar-refractivity contribution in [3.8, 4) is 16.9 Å².